The first-order valence-electron chi connectivity index (χ1n) is 9.57. The molecule has 0 N–H and O–H groups in total. The number of nitrogens with zero attached hydrogens (tertiary/aromatic N) is 1. The second-order valence-electron chi connectivity index (χ2n) is 6.84. The second kappa shape index (κ2) is 9.06. The maximum Gasteiger partial charge on any atom is 0.325 e. The molecular weight excluding hydrogens is 414 g/mol. The van der Waals surface area contributed by atoms with Crippen molar-refractivity contribution in [3.8, 4) is 5.75 Å². The number of benzene rings is 3. The molecule has 1 heterocycles. The molecule has 4 rings (SSSR count). The van der Waals surface area contributed by atoms with Gasteiger partial charge in [-0.25, -0.2) is 0 Å². The number of carbonyl (C=O) groups is 3. The van der Waals surface area contributed by atoms with Gasteiger partial charge in [-0.3, -0.25) is 19.3 Å². The summed E-state index contributed by atoms with van der Waals surface area (Å²) in [5.74, 6) is -0.509. The summed E-state index contributed by atoms with van der Waals surface area (Å²) in [6.45, 7) is 0.00708. The first-order valence-corrected chi connectivity index (χ1v) is 10.4. The highest BCUT2D eigenvalue weighted by Gasteiger charge is 2.36. The van der Waals surface area contributed by atoms with E-state index in [1.807, 2.05) is 42.5 Å². The zero-order valence-electron chi connectivity index (χ0n) is 16.7. The Morgan fingerprint density at radius 2 is 1.81 bits per heavy atom. The number of amides is 2. The minimum atomic E-state index is -0.646. The molecule has 3 aromatic rings. The molecule has 156 valence electrons. The number of ether oxygens (including phenoxy) is 2. The van der Waals surface area contributed by atoms with Gasteiger partial charge in [0.2, 0.25) is 0 Å². The van der Waals surface area contributed by atoms with Gasteiger partial charge < -0.3 is 9.47 Å². The van der Waals surface area contributed by atoms with Crippen molar-refractivity contribution < 1.29 is 23.9 Å². The summed E-state index contributed by atoms with van der Waals surface area (Å²) >= 11 is 0.797. The molecule has 0 aromatic heterocycles. The predicted molar refractivity (Wildman–Crippen MR) is 119 cm³/mol. The van der Waals surface area contributed by atoms with Gasteiger partial charge in [0.15, 0.2) is 0 Å². The van der Waals surface area contributed by atoms with Crippen molar-refractivity contribution in [2.75, 3.05) is 13.7 Å². The zero-order valence-corrected chi connectivity index (χ0v) is 17.6. The van der Waals surface area contributed by atoms with Crippen LogP contribution in [0.2, 0.25) is 0 Å². The monoisotopic (exact) mass is 433 g/mol. The van der Waals surface area contributed by atoms with E-state index in [2.05, 4.69) is 22.9 Å². The molecule has 3 aromatic carbocycles. The number of carbonyl (C=O) groups excluding carboxylic acids is 3. The molecule has 0 aliphatic carbocycles. The summed E-state index contributed by atoms with van der Waals surface area (Å²) in [7, 11) is 1.21. The molecular formula is C24H19NO5S. The third-order valence-electron chi connectivity index (χ3n) is 4.82. The first-order chi connectivity index (χ1) is 15.0. The molecule has 0 unspecified atom stereocenters. The third kappa shape index (κ3) is 4.62. The van der Waals surface area contributed by atoms with Crippen LogP contribution in [0.3, 0.4) is 0 Å². The Morgan fingerprint density at radius 3 is 2.65 bits per heavy atom. The van der Waals surface area contributed by atoms with Crippen LogP contribution in [0.4, 0.5) is 4.79 Å². The summed E-state index contributed by atoms with van der Waals surface area (Å²) in [6, 6.07) is 21.5. The van der Waals surface area contributed by atoms with Gasteiger partial charge in [0, 0.05) is 0 Å². The molecule has 1 fully saturated rings. The number of fused-ring (bicyclic) bond motifs is 1. The Labute approximate surface area is 183 Å². The van der Waals surface area contributed by atoms with E-state index in [1.54, 1.807) is 12.1 Å². The summed E-state index contributed by atoms with van der Waals surface area (Å²) in [5, 5.41) is 1.80. The Morgan fingerprint density at radius 1 is 1.03 bits per heavy atom. The van der Waals surface area contributed by atoms with Crippen molar-refractivity contribution in [3.05, 3.63) is 82.8 Å². The van der Waals surface area contributed by atoms with E-state index in [4.69, 9.17) is 4.74 Å². The minimum Gasteiger partial charge on any atom is -0.489 e. The Balaban J connectivity index is 1.49. The van der Waals surface area contributed by atoms with Gasteiger partial charge in [-0.1, -0.05) is 54.6 Å². The number of hydrogen-bond acceptors (Lipinski definition) is 6. The topological polar surface area (TPSA) is 72.9 Å². The maximum atomic E-state index is 12.5. The van der Waals surface area contributed by atoms with Crippen LogP contribution in [0.1, 0.15) is 11.1 Å². The van der Waals surface area contributed by atoms with E-state index in [1.165, 1.54) is 7.11 Å². The molecule has 31 heavy (non-hydrogen) atoms. The predicted octanol–water partition coefficient (Wildman–Crippen LogP) is 4.63. The Bertz CT molecular complexity index is 1200. The SMILES string of the molecule is COC(=O)CN1C(=O)S/C(=C/c2cccc(OCc3cccc4ccccc34)c2)C1=O. The van der Waals surface area contributed by atoms with Crippen LogP contribution in [0.5, 0.6) is 5.75 Å². The minimum absolute atomic E-state index is 0.250. The highest BCUT2D eigenvalue weighted by atomic mass is 32.2. The van der Waals surface area contributed by atoms with Crippen molar-refractivity contribution in [2.24, 2.45) is 0 Å². The van der Waals surface area contributed by atoms with Crippen LogP contribution in [-0.2, 0) is 20.9 Å². The van der Waals surface area contributed by atoms with E-state index in [0.717, 1.165) is 38.6 Å². The number of imide groups is 1. The fourth-order valence-corrected chi connectivity index (χ4v) is 4.09. The second-order valence-corrected chi connectivity index (χ2v) is 7.84. The average Bonchev–Trinajstić information content (AvgIpc) is 3.05. The van der Waals surface area contributed by atoms with Gasteiger partial charge in [-0.15, -0.1) is 0 Å². The maximum absolute atomic E-state index is 12.5. The number of methoxy groups -OCH3 is 1. The summed E-state index contributed by atoms with van der Waals surface area (Å²) in [6.07, 6.45) is 1.62. The van der Waals surface area contributed by atoms with Gasteiger partial charge in [0.25, 0.3) is 11.1 Å². The highest BCUT2D eigenvalue weighted by Crippen LogP contribution is 2.32. The van der Waals surface area contributed by atoms with E-state index in [0.29, 0.717) is 12.4 Å². The molecule has 1 aliphatic rings. The fourth-order valence-electron chi connectivity index (χ4n) is 3.25. The number of hydrogen-bond donors (Lipinski definition) is 0. The van der Waals surface area contributed by atoms with E-state index in [9.17, 15) is 14.4 Å². The van der Waals surface area contributed by atoms with E-state index >= 15 is 0 Å². The molecule has 6 nitrogen and oxygen atoms in total. The normalized spacial score (nSPS) is 15.0. The lowest BCUT2D eigenvalue weighted by Gasteiger charge is -2.10. The van der Waals surface area contributed by atoms with Crippen LogP contribution in [0.25, 0.3) is 16.8 Å². The number of rotatable bonds is 6. The van der Waals surface area contributed by atoms with Gasteiger partial charge in [-0.05, 0) is 51.9 Å². The standard InChI is InChI=1S/C24H19NO5S/c1-29-22(26)14-25-23(27)21(31-24(25)28)13-16-6-4-10-19(12-16)30-15-18-9-5-8-17-7-2-3-11-20(17)18/h2-13H,14-15H2,1H3/b21-13+. The highest BCUT2D eigenvalue weighted by molar-refractivity contribution is 8.18. The average molecular weight is 433 g/mol. The van der Waals surface area contributed by atoms with Crippen molar-refractivity contribution in [1.82, 2.24) is 4.90 Å². The number of esters is 1. The van der Waals surface area contributed by atoms with Crippen LogP contribution in [0, 0.1) is 0 Å². The summed E-state index contributed by atoms with van der Waals surface area (Å²) in [5.41, 5.74) is 1.80. The molecule has 0 saturated carbocycles. The fraction of sp³-hybridized carbons (Fsp3) is 0.125. The largest absolute Gasteiger partial charge is 0.489 e. The van der Waals surface area contributed by atoms with Crippen LogP contribution in [0.15, 0.2) is 71.6 Å². The van der Waals surface area contributed by atoms with Crippen LogP contribution >= 0.6 is 11.8 Å². The van der Waals surface area contributed by atoms with Crippen LogP contribution in [-0.4, -0.2) is 35.7 Å². The lowest BCUT2D eigenvalue weighted by Crippen LogP contribution is -2.34. The van der Waals surface area contributed by atoms with Crippen LogP contribution < -0.4 is 4.74 Å². The molecule has 2 amide bonds. The molecule has 7 heteroatoms. The smallest absolute Gasteiger partial charge is 0.325 e. The number of thioether (sulfide) groups is 1. The van der Waals surface area contributed by atoms with Gasteiger partial charge in [0.1, 0.15) is 18.9 Å². The van der Waals surface area contributed by atoms with Crippen molar-refractivity contribution in [3.63, 3.8) is 0 Å². The van der Waals surface area contributed by atoms with Gasteiger partial charge in [-0.2, -0.15) is 0 Å². The molecule has 1 aliphatic heterocycles. The molecule has 1 saturated heterocycles. The molecule has 0 atom stereocenters. The lowest BCUT2D eigenvalue weighted by atomic mass is 10.1. The van der Waals surface area contributed by atoms with Gasteiger partial charge >= 0.3 is 5.97 Å². The third-order valence-corrected chi connectivity index (χ3v) is 5.73. The molecule has 0 bridgehead atoms. The quantitative estimate of drug-likeness (QED) is 0.417. The summed E-state index contributed by atoms with van der Waals surface area (Å²) < 4.78 is 10.5. The Hall–Kier alpha value is -3.58. The van der Waals surface area contributed by atoms with E-state index in [-0.39, 0.29) is 4.91 Å². The molecule has 0 spiro atoms. The first kappa shape index (κ1) is 20.7. The van der Waals surface area contributed by atoms with Crippen molar-refractivity contribution in [2.45, 2.75) is 6.61 Å². The van der Waals surface area contributed by atoms with E-state index < -0.39 is 23.7 Å². The lowest BCUT2D eigenvalue weighted by molar-refractivity contribution is -0.143. The van der Waals surface area contributed by atoms with Crippen molar-refractivity contribution >= 4 is 45.7 Å². The van der Waals surface area contributed by atoms with Crippen molar-refractivity contribution in [1.29, 1.82) is 0 Å². The summed E-state index contributed by atoms with van der Waals surface area (Å²) in [4.78, 5) is 37.1. The zero-order chi connectivity index (χ0) is 21.8. The molecule has 0 radical (unpaired) electrons. The van der Waals surface area contributed by atoms with Gasteiger partial charge in [0.05, 0.1) is 12.0 Å². The Kier molecular flexibility index (Phi) is 6.04.